The van der Waals surface area contributed by atoms with Crippen LogP contribution in [-0.2, 0) is 11.0 Å². The zero-order chi connectivity index (χ0) is 28.5. The van der Waals surface area contributed by atoms with Crippen LogP contribution in [0.25, 0.3) is 28.0 Å². The topological polar surface area (TPSA) is 27.7 Å². The Labute approximate surface area is 239 Å². The molecule has 0 amide bonds. The average Bonchev–Trinajstić information content (AvgIpc) is 3.23. The Kier molecular flexibility index (Phi) is 5.56. The predicted molar refractivity (Wildman–Crippen MR) is 163 cm³/mol. The van der Waals surface area contributed by atoms with Gasteiger partial charge in [0.15, 0.2) is 5.60 Å². The van der Waals surface area contributed by atoms with Gasteiger partial charge in [0, 0.05) is 27.5 Å². The van der Waals surface area contributed by atoms with E-state index < -0.39 is 5.60 Å². The number of ether oxygens (including phenoxy) is 3. The summed E-state index contributed by atoms with van der Waals surface area (Å²) in [6.45, 7) is 6.67. The summed E-state index contributed by atoms with van der Waals surface area (Å²) in [5.74, 6) is 1.92. The number of benzene rings is 5. The molecule has 204 valence electrons. The van der Waals surface area contributed by atoms with E-state index in [4.69, 9.17) is 14.2 Å². The molecule has 4 heteroatoms. The van der Waals surface area contributed by atoms with Gasteiger partial charge in [-0.1, -0.05) is 74.0 Å². The molecule has 0 aromatic heterocycles. The molecule has 1 aliphatic heterocycles. The lowest BCUT2D eigenvalue weighted by Gasteiger charge is -2.38. The van der Waals surface area contributed by atoms with E-state index in [9.17, 15) is 4.39 Å². The summed E-state index contributed by atoms with van der Waals surface area (Å²) in [5.41, 5.74) is 7.72. The first-order valence-electron chi connectivity index (χ1n) is 13.9. The Bertz CT molecular complexity index is 1820. The molecule has 41 heavy (non-hydrogen) atoms. The number of fused-ring (bicyclic) bond motifs is 8. The van der Waals surface area contributed by atoms with E-state index >= 15 is 0 Å². The highest BCUT2D eigenvalue weighted by Gasteiger charge is 2.44. The van der Waals surface area contributed by atoms with E-state index in [0.717, 1.165) is 44.5 Å². The maximum Gasteiger partial charge on any atom is 0.178 e. The molecule has 3 nitrogen and oxygen atoms in total. The molecule has 7 rings (SSSR count). The third kappa shape index (κ3) is 3.63. The minimum atomic E-state index is -0.953. The van der Waals surface area contributed by atoms with Crippen molar-refractivity contribution in [1.29, 1.82) is 0 Å². The lowest BCUT2D eigenvalue weighted by molar-refractivity contribution is 0.163. The van der Waals surface area contributed by atoms with Gasteiger partial charge in [0.25, 0.3) is 0 Å². The standard InChI is InChI=1S/C37H31FO3/c1-22-6-16-29-32(20-22)36(2,3)34-30-18-19-37(23-7-12-26(39-4)13-8-23,24-9-14-27(40-5)15-10-24)41-35(30)31-21-25(38)11-17-28(31)33(29)34/h6-21H,1-5H3. The third-order valence-corrected chi connectivity index (χ3v) is 8.79. The summed E-state index contributed by atoms with van der Waals surface area (Å²) >= 11 is 0. The van der Waals surface area contributed by atoms with E-state index in [1.165, 1.54) is 22.3 Å². The number of aryl methyl sites for hydroxylation is 1. The van der Waals surface area contributed by atoms with E-state index in [-0.39, 0.29) is 11.2 Å². The number of hydrogen-bond donors (Lipinski definition) is 0. The van der Waals surface area contributed by atoms with Gasteiger partial charge in [-0.2, -0.15) is 0 Å². The first-order valence-corrected chi connectivity index (χ1v) is 13.9. The normalized spacial score (nSPS) is 15.6. The quantitative estimate of drug-likeness (QED) is 0.227. The van der Waals surface area contributed by atoms with E-state index in [2.05, 4.69) is 51.1 Å². The molecule has 0 spiro atoms. The fourth-order valence-electron chi connectivity index (χ4n) is 6.73. The van der Waals surface area contributed by atoms with Crippen molar-refractivity contribution >= 4 is 16.8 Å². The molecule has 0 unspecified atom stereocenters. The summed E-state index contributed by atoms with van der Waals surface area (Å²) in [6.07, 6.45) is 4.31. The summed E-state index contributed by atoms with van der Waals surface area (Å²) in [6, 6.07) is 27.6. The van der Waals surface area contributed by atoms with Crippen LogP contribution in [0.3, 0.4) is 0 Å². The average molecular weight is 543 g/mol. The smallest absolute Gasteiger partial charge is 0.178 e. The molecular weight excluding hydrogens is 511 g/mol. The SMILES string of the molecule is COc1ccc(C2(c3ccc(OC)cc3)C=Cc3c4c(c5ccc(F)cc5c3O2)-c2ccc(C)cc2C4(C)C)cc1. The van der Waals surface area contributed by atoms with Crippen molar-refractivity contribution in [2.45, 2.75) is 31.8 Å². The van der Waals surface area contributed by atoms with Crippen LogP contribution in [0.4, 0.5) is 4.39 Å². The van der Waals surface area contributed by atoms with Crippen molar-refractivity contribution in [3.8, 4) is 28.4 Å². The fourth-order valence-corrected chi connectivity index (χ4v) is 6.73. The highest BCUT2D eigenvalue weighted by atomic mass is 19.1. The lowest BCUT2D eigenvalue weighted by Crippen LogP contribution is -2.35. The van der Waals surface area contributed by atoms with Crippen LogP contribution < -0.4 is 14.2 Å². The lowest BCUT2D eigenvalue weighted by atomic mass is 9.76. The highest BCUT2D eigenvalue weighted by molar-refractivity contribution is 6.08. The van der Waals surface area contributed by atoms with Crippen molar-refractivity contribution < 1.29 is 18.6 Å². The summed E-state index contributed by atoms with van der Waals surface area (Å²) < 4.78 is 33.1. The zero-order valence-corrected chi connectivity index (χ0v) is 23.8. The van der Waals surface area contributed by atoms with Gasteiger partial charge in [0.05, 0.1) is 14.2 Å². The van der Waals surface area contributed by atoms with Crippen molar-refractivity contribution in [1.82, 2.24) is 0 Å². The molecule has 5 aromatic rings. The first kappa shape index (κ1) is 25.4. The monoisotopic (exact) mass is 542 g/mol. The van der Waals surface area contributed by atoms with Gasteiger partial charge in [-0.25, -0.2) is 4.39 Å². The van der Waals surface area contributed by atoms with Crippen LogP contribution in [0.1, 0.15) is 47.2 Å². The van der Waals surface area contributed by atoms with Gasteiger partial charge in [-0.3, -0.25) is 0 Å². The Morgan fingerprint density at radius 1 is 0.732 bits per heavy atom. The second-order valence-corrected chi connectivity index (χ2v) is 11.5. The molecule has 1 heterocycles. The molecule has 1 aliphatic carbocycles. The largest absolute Gasteiger partial charge is 0.497 e. The molecule has 5 aromatic carbocycles. The van der Waals surface area contributed by atoms with E-state index in [1.54, 1.807) is 26.4 Å². The molecular formula is C37H31FO3. The first-order chi connectivity index (χ1) is 19.8. The third-order valence-electron chi connectivity index (χ3n) is 8.79. The van der Waals surface area contributed by atoms with E-state index in [1.807, 2.05) is 54.6 Å². The van der Waals surface area contributed by atoms with Gasteiger partial charge in [-0.15, -0.1) is 0 Å². The van der Waals surface area contributed by atoms with Crippen LogP contribution in [-0.4, -0.2) is 14.2 Å². The van der Waals surface area contributed by atoms with Crippen LogP contribution in [0, 0.1) is 12.7 Å². The maximum atomic E-state index is 15.0. The Morgan fingerprint density at radius 2 is 1.37 bits per heavy atom. The van der Waals surface area contributed by atoms with Crippen LogP contribution in [0.2, 0.25) is 0 Å². The summed E-state index contributed by atoms with van der Waals surface area (Å²) in [5, 5.41) is 1.75. The van der Waals surface area contributed by atoms with Gasteiger partial charge in [0.2, 0.25) is 0 Å². The molecule has 0 radical (unpaired) electrons. The molecule has 0 fully saturated rings. The van der Waals surface area contributed by atoms with Gasteiger partial charge >= 0.3 is 0 Å². The van der Waals surface area contributed by atoms with Crippen molar-refractivity contribution in [2.75, 3.05) is 14.2 Å². The number of rotatable bonds is 4. The summed E-state index contributed by atoms with van der Waals surface area (Å²) in [7, 11) is 3.31. The number of halogens is 1. The van der Waals surface area contributed by atoms with Crippen molar-refractivity contribution in [2.24, 2.45) is 0 Å². The maximum absolute atomic E-state index is 15.0. The second-order valence-electron chi connectivity index (χ2n) is 11.5. The number of methoxy groups -OCH3 is 2. The van der Waals surface area contributed by atoms with Gasteiger partial charge < -0.3 is 14.2 Å². The molecule has 0 atom stereocenters. The zero-order valence-electron chi connectivity index (χ0n) is 23.8. The minimum Gasteiger partial charge on any atom is -0.497 e. The molecule has 0 saturated carbocycles. The predicted octanol–water partition coefficient (Wildman–Crippen LogP) is 8.96. The molecule has 2 aliphatic rings. The van der Waals surface area contributed by atoms with Gasteiger partial charge in [-0.05, 0) is 77.0 Å². The minimum absolute atomic E-state index is 0.267. The molecule has 0 saturated heterocycles. The molecule has 0 N–H and O–H groups in total. The van der Waals surface area contributed by atoms with Crippen LogP contribution in [0.5, 0.6) is 17.2 Å². The van der Waals surface area contributed by atoms with Gasteiger partial charge in [0.1, 0.15) is 23.1 Å². The Morgan fingerprint density at radius 3 is 1.98 bits per heavy atom. The second kappa shape index (κ2) is 8.97. The number of hydrogen-bond acceptors (Lipinski definition) is 3. The van der Waals surface area contributed by atoms with E-state index in [0.29, 0.717) is 5.75 Å². The Hall–Kier alpha value is -4.57. The van der Waals surface area contributed by atoms with Crippen LogP contribution >= 0.6 is 0 Å². The summed E-state index contributed by atoms with van der Waals surface area (Å²) in [4.78, 5) is 0. The van der Waals surface area contributed by atoms with Crippen LogP contribution in [0.15, 0.2) is 91.0 Å². The highest BCUT2D eigenvalue weighted by Crippen LogP contribution is 2.58. The fraction of sp³-hybridized carbons (Fsp3) is 0.189. The van der Waals surface area contributed by atoms with Crippen molar-refractivity contribution in [3.05, 3.63) is 130 Å². The Balaban J connectivity index is 1.54. The molecule has 0 bridgehead atoms. The van der Waals surface area contributed by atoms with Crippen molar-refractivity contribution in [3.63, 3.8) is 0 Å².